The van der Waals surface area contributed by atoms with Crippen molar-refractivity contribution in [3.63, 3.8) is 0 Å². The smallest absolute Gasteiger partial charge is 0.182 e. The van der Waals surface area contributed by atoms with Crippen molar-refractivity contribution in [1.29, 1.82) is 0 Å². The molecule has 1 aliphatic carbocycles. The Morgan fingerprint density at radius 2 is 1.65 bits per heavy atom. The SMILES string of the molecule is CC(C)(C(=O)c1ccc(C2CCC2)cc1)N1CCCC1. The molecule has 2 nitrogen and oxygen atoms in total. The van der Waals surface area contributed by atoms with E-state index >= 15 is 0 Å². The third-order valence-electron chi connectivity index (χ3n) is 5.20. The predicted octanol–water partition coefficient (Wildman–Crippen LogP) is 4.01. The molecule has 0 spiro atoms. The van der Waals surface area contributed by atoms with Gasteiger partial charge in [-0.15, -0.1) is 0 Å². The second-order valence-corrected chi connectivity index (χ2v) is 6.83. The Morgan fingerprint density at radius 3 is 2.15 bits per heavy atom. The maximum absolute atomic E-state index is 12.8. The first-order valence-corrected chi connectivity index (χ1v) is 7.99. The molecule has 0 aromatic heterocycles. The zero-order chi connectivity index (χ0) is 14.2. The molecule has 108 valence electrons. The Hall–Kier alpha value is -1.15. The van der Waals surface area contributed by atoms with E-state index < -0.39 is 0 Å². The average Bonchev–Trinajstić information content (AvgIpc) is 2.91. The van der Waals surface area contributed by atoms with Crippen LogP contribution in [0.25, 0.3) is 0 Å². The maximum Gasteiger partial charge on any atom is 0.182 e. The van der Waals surface area contributed by atoms with Crippen LogP contribution in [0, 0.1) is 0 Å². The topological polar surface area (TPSA) is 20.3 Å². The molecular formula is C18H25NO. The van der Waals surface area contributed by atoms with Crippen molar-refractivity contribution >= 4 is 5.78 Å². The van der Waals surface area contributed by atoms with Crippen LogP contribution < -0.4 is 0 Å². The van der Waals surface area contributed by atoms with E-state index in [2.05, 4.69) is 30.9 Å². The summed E-state index contributed by atoms with van der Waals surface area (Å²) in [6.45, 7) is 6.25. The zero-order valence-corrected chi connectivity index (χ0v) is 12.7. The molecule has 1 saturated heterocycles. The van der Waals surface area contributed by atoms with Gasteiger partial charge in [-0.05, 0) is 64.1 Å². The molecule has 0 bridgehead atoms. The summed E-state index contributed by atoms with van der Waals surface area (Å²) < 4.78 is 0. The molecule has 0 N–H and O–H groups in total. The lowest BCUT2D eigenvalue weighted by Crippen LogP contribution is -2.48. The summed E-state index contributed by atoms with van der Waals surface area (Å²) in [7, 11) is 0. The molecule has 1 aromatic rings. The highest BCUT2D eigenvalue weighted by Crippen LogP contribution is 2.36. The fraction of sp³-hybridized carbons (Fsp3) is 0.611. The summed E-state index contributed by atoms with van der Waals surface area (Å²) in [6, 6.07) is 8.40. The van der Waals surface area contributed by atoms with Gasteiger partial charge in [0.2, 0.25) is 0 Å². The molecule has 0 radical (unpaired) electrons. The number of likely N-dealkylation sites (tertiary alicyclic amines) is 1. The minimum atomic E-state index is -0.367. The van der Waals surface area contributed by atoms with Gasteiger partial charge in [-0.3, -0.25) is 9.69 Å². The van der Waals surface area contributed by atoms with Gasteiger partial charge >= 0.3 is 0 Å². The number of Topliss-reactive ketones (excluding diaryl/α,β-unsaturated/α-hetero) is 1. The van der Waals surface area contributed by atoms with Crippen LogP contribution in [-0.2, 0) is 0 Å². The van der Waals surface area contributed by atoms with Crippen LogP contribution in [0.3, 0.4) is 0 Å². The molecule has 2 heteroatoms. The largest absolute Gasteiger partial charge is 0.292 e. The van der Waals surface area contributed by atoms with Crippen LogP contribution in [0.2, 0.25) is 0 Å². The fourth-order valence-corrected chi connectivity index (χ4v) is 3.42. The summed E-state index contributed by atoms with van der Waals surface area (Å²) in [6.07, 6.45) is 6.42. The van der Waals surface area contributed by atoms with Crippen molar-refractivity contribution in [2.75, 3.05) is 13.1 Å². The van der Waals surface area contributed by atoms with Crippen molar-refractivity contribution in [3.05, 3.63) is 35.4 Å². The number of rotatable bonds is 4. The molecule has 2 fully saturated rings. The van der Waals surface area contributed by atoms with E-state index in [4.69, 9.17) is 0 Å². The number of benzene rings is 1. The second kappa shape index (κ2) is 5.33. The molecular weight excluding hydrogens is 246 g/mol. The van der Waals surface area contributed by atoms with Crippen LogP contribution in [0.4, 0.5) is 0 Å². The van der Waals surface area contributed by atoms with Crippen molar-refractivity contribution in [2.45, 2.75) is 57.4 Å². The summed E-state index contributed by atoms with van der Waals surface area (Å²) in [5.41, 5.74) is 1.91. The Bertz CT molecular complexity index is 479. The highest BCUT2D eigenvalue weighted by atomic mass is 16.1. The second-order valence-electron chi connectivity index (χ2n) is 6.83. The maximum atomic E-state index is 12.8. The van der Waals surface area contributed by atoms with Crippen LogP contribution in [-0.4, -0.2) is 29.3 Å². The van der Waals surface area contributed by atoms with Gasteiger partial charge in [-0.2, -0.15) is 0 Å². The van der Waals surface area contributed by atoms with E-state index in [-0.39, 0.29) is 11.3 Å². The molecule has 3 rings (SSSR count). The van der Waals surface area contributed by atoms with E-state index in [1.165, 1.54) is 37.7 Å². The monoisotopic (exact) mass is 271 g/mol. The summed E-state index contributed by atoms with van der Waals surface area (Å²) in [5.74, 6) is 1.00. The van der Waals surface area contributed by atoms with Gasteiger partial charge in [0.05, 0.1) is 5.54 Å². The standard InChI is InChI=1S/C18H25NO/c1-18(2,19-12-3-4-13-19)17(20)16-10-8-15(9-11-16)14-6-5-7-14/h8-11,14H,3-7,12-13H2,1-2H3. The van der Waals surface area contributed by atoms with E-state index in [0.29, 0.717) is 0 Å². The molecule has 1 heterocycles. The molecule has 1 aliphatic heterocycles. The molecule has 0 atom stereocenters. The van der Waals surface area contributed by atoms with E-state index in [1.54, 1.807) is 0 Å². The molecule has 1 saturated carbocycles. The molecule has 1 aromatic carbocycles. The quantitative estimate of drug-likeness (QED) is 0.771. The van der Waals surface area contributed by atoms with Crippen molar-refractivity contribution in [2.24, 2.45) is 0 Å². The molecule has 20 heavy (non-hydrogen) atoms. The lowest BCUT2D eigenvalue weighted by molar-refractivity contribution is 0.0702. The minimum absolute atomic E-state index is 0.263. The van der Waals surface area contributed by atoms with Gasteiger partial charge in [0.25, 0.3) is 0 Å². The zero-order valence-electron chi connectivity index (χ0n) is 12.7. The van der Waals surface area contributed by atoms with Crippen LogP contribution >= 0.6 is 0 Å². The minimum Gasteiger partial charge on any atom is -0.292 e. The molecule has 2 aliphatic rings. The number of carbonyl (C=O) groups is 1. The van der Waals surface area contributed by atoms with Crippen molar-refractivity contribution in [1.82, 2.24) is 4.90 Å². The third-order valence-corrected chi connectivity index (χ3v) is 5.20. The highest BCUT2D eigenvalue weighted by molar-refractivity contribution is 6.02. The first kappa shape index (κ1) is 13.8. The Kier molecular flexibility index (Phi) is 3.68. The van der Waals surface area contributed by atoms with Crippen LogP contribution in [0.15, 0.2) is 24.3 Å². The van der Waals surface area contributed by atoms with Gasteiger partial charge < -0.3 is 0 Å². The Labute approximate surface area is 122 Å². The first-order chi connectivity index (χ1) is 9.59. The Balaban J connectivity index is 1.75. The predicted molar refractivity (Wildman–Crippen MR) is 82.3 cm³/mol. The normalized spacial score (nSPS) is 20.9. The van der Waals surface area contributed by atoms with Gasteiger partial charge in [0.1, 0.15) is 0 Å². The molecule has 0 amide bonds. The first-order valence-electron chi connectivity index (χ1n) is 7.99. The summed E-state index contributed by atoms with van der Waals surface area (Å²) in [4.78, 5) is 15.1. The van der Waals surface area contributed by atoms with E-state index in [1.807, 2.05) is 12.1 Å². The van der Waals surface area contributed by atoms with E-state index in [0.717, 1.165) is 24.6 Å². The van der Waals surface area contributed by atoms with Gasteiger partial charge in [-0.25, -0.2) is 0 Å². The highest BCUT2D eigenvalue weighted by Gasteiger charge is 2.36. The number of hydrogen-bond donors (Lipinski definition) is 0. The summed E-state index contributed by atoms with van der Waals surface area (Å²) >= 11 is 0. The lowest BCUT2D eigenvalue weighted by atomic mass is 9.79. The number of carbonyl (C=O) groups excluding carboxylic acids is 1. The number of nitrogens with zero attached hydrogens (tertiary/aromatic N) is 1. The molecule has 0 unspecified atom stereocenters. The third kappa shape index (κ3) is 2.42. The fourth-order valence-electron chi connectivity index (χ4n) is 3.42. The number of ketones is 1. The van der Waals surface area contributed by atoms with Crippen LogP contribution in [0.1, 0.15) is 67.8 Å². The number of hydrogen-bond acceptors (Lipinski definition) is 2. The Morgan fingerprint density at radius 1 is 1.05 bits per heavy atom. The van der Waals surface area contributed by atoms with Gasteiger partial charge in [0, 0.05) is 5.56 Å². The van der Waals surface area contributed by atoms with Gasteiger partial charge in [0.15, 0.2) is 5.78 Å². The summed E-state index contributed by atoms with van der Waals surface area (Å²) in [5, 5.41) is 0. The van der Waals surface area contributed by atoms with Crippen molar-refractivity contribution in [3.8, 4) is 0 Å². The average molecular weight is 271 g/mol. The van der Waals surface area contributed by atoms with Crippen molar-refractivity contribution < 1.29 is 4.79 Å². The van der Waals surface area contributed by atoms with Crippen LogP contribution in [0.5, 0.6) is 0 Å². The lowest BCUT2D eigenvalue weighted by Gasteiger charge is -2.34. The van der Waals surface area contributed by atoms with E-state index in [9.17, 15) is 4.79 Å². The van der Waals surface area contributed by atoms with Gasteiger partial charge in [-0.1, -0.05) is 30.7 Å².